The van der Waals surface area contributed by atoms with Crippen molar-refractivity contribution in [1.82, 2.24) is 13.7 Å². The van der Waals surface area contributed by atoms with E-state index < -0.39 is 33.4 Å². The van der Waals surface area contributed by atoms with Crippen LogP contribution in [0.4, 0.5) is 0 Å². The van der Waals surface area contributed by atoms with Crippen LogP contribution in [-0.2, 0) is 0 Å². The topological polar surface area (TPSA) is 117 Å². The van der Waals surface area contributed by atoms with Crippen LogP contribution in [-0.4, -0.2) is 13.7 Å². The molecule has 0 fully saturated rings. The molecule has 0 amide bonds. The minimum atomic E-state index is -0.832. The van der Waals surface area contributed by atoms with Crippen LogP contribution in [0.15, 0.2) is 83.4 Å². The first-order chi connectivity index (χ1) is 21.4. The van der Waals surface area contributed by atoms with Crippen molar-refractivity contribution in [2.45, 2.75) is 41.5 Å². The van der Waals surface area contributed by atoms with Gasteiger partial charge in [0, 0.05) is 0 Å². The Morgan fingerprint density at radius 3 is 0.622 bits per heavy atom. The molecule has 7 rings (SSSR count). The van der Waals surface area contributed by atoms with Gasteiger partial charge in [0.15, 0.2) is 0 Å². The lowest BCUT2D eigenvalue weighted by Gasteiger charge is -2.08. The van der Waals surface area contributed by atoms with E-state index in [1.165, 1.54) is 0 Å². The van der Waals surface area contributed by atoms with Crippen molar-refractivity contribution in [2.75, 3.05) is 0 Å². The molecule has 0 aliphatic carbocycles. The molecule has 0 radical (unpaired) electrons. The number of para-hydroxylation sites is 3. The summed E-state index contributed by atoms with van der Waals surface area (Å²) in [6.45, 7) is 10.5. The lowest BCUT2D eigenvalue weighted by Crippen LogP contribution is -2.26. The van der Waals surface area contributed by atoms with Gasteiger partial charge in [0.1, 0.15) is 0 Å². The predicted molar refractivity (Wildman–Crippen MR) is 177 cm³/mol. The minimum Gasteiger partial charge on any atom is -0.268 e. The van der Waals surface area contributed by atoms with Crippen LogP contribution >= 0.6 is 0 Å². The third-order valence-corrected chi connectivity index (χ3v) is 8.99. The molecule has 7 aromatic rings. The Morgan fingerprint density at radius 2 is 0.467 bits per heavy atom. The highest BCUT2D eigenvalue weighted by Crippen LogP contribution is 2.30. The molecule has 222 valence electrons. The van der Waals surface area contributed by atoms with Crippen LogP contribution in [0, 0.1) is 41.5 Å². The number of aromatic nitrogens is 3. The van der Waals surface area contributed by atoms with Crippen molar-refractivity contribution in [1.29, 1.82) is 0 Å². The zero-order chi connectivity index (χ0) is 32.2. The van der Waals surface area contributed by atoms with Crippen LogP contribution < -0.4 is 33.4 Å². The largest absolute Gasteiger partial charge is 0.268 e. The van der Waals surface area contributed by atoms with Crippen LogP contribution in [0.25, 0.3) is 49.4 Å². The molecule has 0 atom stereocenters. The first-order valence-electron chi connectivity index (χ1n) is 14.5. The van der Waals surface area contributed by atoms with Crippen molar-refractivity contribution in [3.8, 4) is 17.1 Å². The molecule has 0 aliphatic heterocycles. The Bertz CT molecular complexity index is 2280. The number of fused-ring (bicyclic) bond motifs is 6. The lowest BCUT2D eigenvalue weighted by molar-refractivity contribution is 0.961. The minimum absolute atomic E-state index is 0.318. The number of nitrogens with zero attached hydrogens (tertiary/aromatic N) is 3. The first kappa shape index (κ1) is 28.1. The van der Waals surface area contributed by atoms with Gasteiger partial charge in [-0.3, -0.25) is 28.8 Å². The molecule has 9 heteroatoms. The van der Waals surface area contributed by atoms with Gasteiger partial charge in [-0.25, -0.2) is 13.7 Å². The van der Waals surface area contributed by atoms with Gasteiger partial charge in [-0.05, 0) is 74.9 Å². The first-order valence-corrected chi connectivity index (χ1v) is 14.5. The molecule has 45 heavy (non-hydrogen) atoms. The maximum atomic E-state index is 14.4. The summed E-state index contributed by atoms with van der Waals surface area (Å²) in [5.41, 5.74) is -0.305. The van der Waals surface area contributed by atoms with Crippen molar-refractivity contribution in [3.63, 3.8) is 0 Å². The molecular formula is C36H27N3O6. The smallest absolute Gasteiger partial charge is 0.267 e. The van der Waals surface area contributed by atoms with Gasteiger partial charge in [0.2, 0.25) is 0 Å². The third-order valence-electron chi connectivity index (χ3n) is 8.99. The molecule has 4 aromatic carbocycles. The Balaban J connectivity index is 1.85. The SMILES string of the molecule is Cc1cccc(C)c1-n1c(=O)c2c3c(=O)n(-c4c(C)cccc4C)c(=O)c3c3c(=O)n(-c4c(C)cccc4C)c(=O)c3c2c1=O. The normalized spacial score (nSPS) is 11.9. The zero-order valence-electron chi connectivity index (χ0n) is 25.5. The van der Waals surface area contributed by atoms with Crippen molar-refractivity contribution >= 4 is 32.3 Å². The van der Waals surface area contributed by atoms with Gasteiger partial charge < -0.3 is 0 Å². The van der Waals surface area contributed by atoms with E-state index in [4.69, 9.17) is 0 Å². The molecule has 0 saturated carbocycles. The highest BCUT2D eigenvalue weighted by molar-refractivity contribution is 6.25. The molecule has 0 saturated heterocycles. The fourth-order valence-electron chi connectivity index (χ4n) is 7.07. The molecule has 0 aliphatic rings. The number of benzene rings is 4. The Kier molecular flexibility index (Phi) is 5.87. The fourth-order valence-corrected chi connectivity index (χ4v) is 7.07. The quantitative estimate of drug-likeness (QED) is 0.306. The van der Waals surface area contributed by atoms with Gasteiger partial charge in [0.05, 0.1) is 49.4 Å². The summed E-state index contributed by atoms with van der Waals surface area (Å²) in [5, 5.41) is -2.04. The maximum absolute atomic E-state index is 14.4. The Morgan fingerprint density at radius 1 is 0.311 bits per heavy atom. The molecule has 3 heterocycles. The molecule has 9 nitrogen and oxygen atoms in total. The molecule has 0 bridgehead atoms. The van der Waals surface area contributed by atoms with Crippen molar-refractivity contribution in [3.05, 3.63) is 150 Å². The summed E-state index contributed by atoms with van der Waals surface area (Å²) in [4.78, 5) is 86.2. The summed E-state index contributed by atoms with van der Waals surface area (Å²) < 4.78 is 2.86. The lowest BCUT2D eigenvalue weighted by atomic mass is 10.0. The van der Waals surface area contributed by atoms with E-state index >= 15 is 0 Å². The standard InChI is InChI=1S/C36H27N3O6/c1-16-10-7-11-17(2)28(16)37-31(40)22-23(32(37)41)25-27(36(45)39(34(25)43)30-20(5)14-9-15-21(30)6)26-24(22)33(42)38(35(26)44)29-18(3)12-8-13-19(29)4/h7-15H,1-6H3. The Hall–Kier alpha value is -5.70. The predicted octanol–water partition coefficient (Wildman–Crippen LogP) is 3.84. The number of rotatable bonds is 3. The summed E-state index contributed by atoms with van der Waals surface area (Å²) in [5.74, 6) is 0. The molecule has 0 N–H and O–H groups in total. The van der Waals surface area contributed by atoms with E-state index in [0.29, 0.717) is 50.4 Å². The fraction of sp³-hybridized carbons (Fsp3) is 0.167. The summed E-state index contributed by atoms with van der Waals surface area (Å²) in [6.07, 6.45) is 0. The van der Waals surface area contributed by atoms with E-state index in [0.717, 1.165) is 13.7 Å². The highest BCUT2D eigenvalue weighted by atomic mass is 16.2. The number of hydrogen-bond acceptors (Lipinski definition) is 6. The van der Waals surface area contributed by atoms with Gasteiger partial charge in [-0.2, -0.15) is 0 Å². The molecule has 3 aromatic heterocycles. The molecule has 0 unspecified atom stereocenters. The summed E-state index contributed by atoms with van der Waals surface area (Å²) >= 11 is 0. The number of aryl methyl sites for hydroxylation is 6. The van der Waals surface area contributed by atoms with Crippen molar-refractivity contribution in [2.24, 2.45) is 0 Å². The average Bonchev–Trinajstić information content (AvgIpc) is 3.49. The summed E-state index contributed by atoms with van der Waals surface area (Å²) in [7, 11) is 0. The van der Waals surface area contributed by atoms with Crippen molar-refractivity contribution < 1.29 is 0 Å². The van der Waals surface area contributed by atoms with Crippen LogP contribution in [0.5, 0.6) is 0 Å². The second-order valence-electron chi connectivity index (χ2n) is 11.8. The van der Waals surface area contributed by atoms with Gasteiger partial charge in [-0.15, -0.1) is 0 Å². The van der Waals surface area contributed by atoms with Gasteiger partial charge in [-0.1, -0.05) is 54.6 Å². The van der Waals surface area contributed by atoms with Crippen LogP contribution in [0.1, 0.15) is 33.4 Å². The van der Waals surface area contributed by atoms with Gasteiger partial charge >= 0.3 is 0 Å². The summed E-state index contributed by atoms with van der Waals surface area (Å²) in [6, 6.07) is 15.8. The Labute approximate surface area is 254 Å². The average molecular weight is 598 g/mol. The van der Waals surface area contributed by atoms with E-state index in [1.807, 2.05) is 0 Å². The van der Waals surface area contributed by atoms with E-state index in [-0.39, 0.29) is 32.3 Å². The second kappa shape index (κ2) is 9.40. The van der Waals surface area contributed by atoms with E-state index in [1.54, 1.807) is 96.1 Å². The van der Waals surface area contributed by atoms with Crippen LogP contribution in [0.3, 0.4) is 0 Å². The third kappa shape index (κ3) is 3.49. The number of hydrogen-bond donors (Lipinski definition) is 0. The maximum Gasteiger partial charge on any atom is 0.267 e. The zero-order valence-corrected chi connectivity index (χ0v) is 25.5. The van der Waals surface area contributed by atoms with E-state index in [2.05, 4.69) is 0 Å². The highest BCUT2D eigenvalue weighted by Gasteiger charge is 2.33. The van der Waals surface area contributed by atoms with E-state index in [9.17, 15) is 28.8 Å². The van der Waals surface area contributed by atoms with Crippen LogP contribution in [0.2, 0.25) is 0 Å². The second-order valence-corrected chi connectivity index (χ2v) is 11.8. The molecular weight excluding hydrogens is 570 g/mol. The van der Waals surface area contributed by atoms with Gasteiger partial charge in [0.25, 0.3) is 33.4 Å². The molecule has 0 spiro atoms. The monoisotopic (exact) mass is 597 g/mol.